The Bertz CT molecular complexity index is 488. The first-order chi connectivity index (χ1) is 9.36. The molecule has 1 aromatic heterocycles. The molecule has 20 heavy (non-hydrogen) atoms. The fraction of sp³-hybridized carbons (Fsp3) is 0.692. The second-order valence-corrected chi connectivity index (χ2v) is 6.17. The van der Waals surface area contributed by atoms with Crippen molar-refractivity contribution in [2.75, 3.05) is 32.6 Å². The van der Waals surface area contributed by atoms with E-state index in [1.54, 1.807) is 6.20 Å². The van der Waals surface area contributed by atoms with Gasteiger partial charge in [-0.15, -0.1) is 0 Å². The predicted octanol–water partition coefficient (Wildman–Crippen LogP) is 0.996. The van der Waals surface area contributed by atoms with Crippen LogP contribution in [0.5, 0.6) is 0 Å². The number of hydrogen-bond donors (Lipinski definition) is 2. The van der Waals surface area contributed by atoms with Gasteiger partial charge in [0.05, 0.1) is 31.1 Å². The number of aliphatic hydroxyl groups excluding tert-OH is 1. The zero-order valence-electron chi connectivity index (χ0n) is 12.4. The van der Waals surface area contributed by atoms with Gasteiger partial charge < -0.3 is 15.3 Å². The van der Waals surface area contributed by atoms with Crippen molar-refractivity contribution in [3.63, 3.8) is 0 Å². The van der Waals surface area contributed by atoms with Crippen LogP contribution in [0.1, 0.15) is 13.8 Å². The van der Waals surface area contributed by atoms with E-state index in [-0.39, 0.29) is 24.1 Å². The lowest BCUT2D eigenvalue weighted by Crippen LogP contribution is -2.33. The lowest BCUT2D eigenvalue weighted by molar-refractivity contribution is 0.249. The molecule has 0 amide bonds. The average molecular weight is 347 g/mol. The van der Waals surface area contributed by atoms with Crippen LogP contribution in [0.3, 0.4) is 0 Å². The summed E-state index contributed by atoms with van der Waals surface area (Å²) in [5.74, 6) is 0.253. The third-order valence-electron chi connectivity index (χ3n) is 3.09. The van der Waals surface area contributed by atoms with Crippen molar-refractivity contribution in [3.8, 4) is 0 Å². The van der Waals surface area contributed by atoms with Crippen LogP contribution in [-0.4, -0.2) is 53.1 Å². The van der Waals surface area contributed by atoms with Gasteiger partial charge in [0, 0.05) is 6.54 Å². The fourth-order valence-corrected chi connectivity index (χ4v) is 2.06. The normalized spacial score (nSPS) is 13.0. The third-order valence-corrected chi connectivity index (χ3v) is 3.85. The molecule has 0 aliphatic carbocycles. The van der Waals surface area contributed by atoms with Gasteiger partial charge in [-0.1, -0.05) is 13.8 Å². The number of hydrogen-bond acceptors (Lipinski definition) is 5. The Hall–Kier alpha value is -0.920. The minimum absolute atomic E-state index is 0.00776. The number of rotatable bonds is 7. The summed E-state index contributed by atoms with van der Waals surface area (Å²) in [6, 6.07) is -0.106. The summed E-state index contributed by atoms with van der Waals surface area (Å²) < 4.78 is 1.88. The zero-order valence-corrected chi connectivity index (χ0v) is 14.0. The average Bonchev–Trinajstić information content (AvgIpc) is 2.38. The smallest absolute Gasteiger partial charge is 0.283 e. The maximum absolute atomic E-state index is 12.2. The first-order valence-electron chi connectivity index (χ1n) is 6.64. The molecule has 1 rings (SSSR count). The summed E-state index contributed by atoms with van der Waals surface area (Å²) in [7, 11) is 3.90. The Morgan fingerprint density at radius 1 is 1.50 bits per heavy atom. The Morgan fingerprint density at radius 2 is 2.15 bits per heavy atom. The second-order valence-electron chi connectivity index (χ2n) is 5.38. The van der Waals surface area contributed by atoms with E-state index in [0.29, 0.717) is 16.7 Å². The molecule has 1 atom stereocenters. The van der Waals surface area contributed by atoms with Crippen molar-refractivity contribution in [3.05, 3.63) is 21.0 Å². The minimum atomic E-state index is -0.169. The van der Waals surface area contributed by atoms with Crippen LogP contribution >= 0.6 is 15.9 Å². The first kappa shape index (κ1) is 17.1. The highest BCUT2D eigenvalue weighted by molar-refractivity contribution is 9.10. The van der Waals surface area contributed by atoms with Crippen molar-refractivity contribution < 1.29 is 5.11 Å². The Balaban J connectivity index is 2.91. The van der Waals surface area contributed by atoms with Crippen molar-refractivity contribution in [2.45, 2.75) is 26.4 Å². The van der Waals surface area contributed by atoms with E-state index in [1.165, 1.54) is 4.68 Å². The molecule has 0 saturated heterocycles. The molecule has 0 aliphatic rings. The van der Waals surface area contributed by atoms with E-state index in [9.17, 15) is 9.90 Å². The van der Waals surface area contributed by atoms with Crippen LogP contribution in [-0.2, 0) is 6.54 Å². The molecule has 6 nitrogen and oxygen atoms in total. The topological polar surface area (TPSA) is 70.4 Å². The highest BCUT2D eigenvalue weighted by Crippen LogP contribution is 2.19. The van der Waals surface area contributed by atoms with Gasteiger partial charge in [0.15, 0.2) is 0 Å². The van der Waals surface area contributed by atoms with E-state index < -0.39 is 0 Å². The monoisotopic (exact) mass is 346 g/mol. The van der Waals surface area contributed by atoms with E-state index >= 15 is 0 Å². The van der Waals surface area contributed by atoms with E-state index in [0.717, 1.165) is 6.54 Å². The Morgan fingerprint density at radius 3 is 2.65 bits per heavy atom. The summed E-state index contributed by atoms with van der Waals surface area (Å²) in [5.41, 5.74) is 0.446. The van der Waals surface area contributed by atoms with Crippen LogP contribution < -0.4 is 10.9 Å². The number of likely N-dealkylation sites (N-methyl/N-ethyl adjacent to an activating group) is 1. The van der Waals surface area contributed by atoms with Gasteiger partial charge in [0.1, 0.15) is 4.47 Å². The van der Waals surface area contributed by atoms with Gasteiger partial charge in [-0.3, -0.25) is 4.79 Å². The van der Waals surface area contributed by atoms with Crippen LogP contribution in [0.25, 0.3) is 0 Å². The van der Waals surface area contributed by atoms with Crippen LogP contribution in [0.2, 0.25) is 0 Å². The van der Waals surface area contributed by atoms with Crippen molar-refractivity contribution in [1.82, 2.24) is 14.7 Å². The van der Waals surface area contributed by atoms with Gasteiger partial charge in [0.2, 0.25) is 0 Å². The Kier molecular flexibility index (Phi) is 6.64. The molecule has 1 heterocycles. The van der Waals surface area contributed by atoms with Gasteiger partial charge in [-0.05, 0) is 35.9 Å². The maximum atomic E-state index is 12.2. The SMILES string of the molecule is CC(C)C(CO)Nc1cnn(CCN(C)C)c(=O)c1Br. The maximum Gasteiger partial charge on any atom is 0.283 e. The van der Waals surface area contributed by atoms with Crippen LogP contribution in [0.15, 0.2) is 15.5 Å². The largest absolute Gasteiger partial charge is 0.394 e. The molecule has 0 radical (unpaired) electrons. The standard InChI is InChI=1S/C13H23BrN4O2/c1-9(2)11(8-19)16-10-7-15-18(6-5-17(3)4)13(20)12(10)14/h7,9,11,16,19H,5-6,8H2,1-4H3. The third kappa shape index (κ3) is 4.57. The summed E-state index contributed by atoms with van der Waals surface area (Å²) in [5, 5.41) is 16.6. The van der Waals surface area contributed by atoms with Gasteiger partial charge in [0.25, 0.3) is 5.56 Å². The molecule has 0 aromatic carbocycles. The molecule has 2 N–H and O–H groups in total. The molecular formula is C13H23BrN4O2. The summed E-state index contributed by atoms with van der Waals surface area (Å²) >= 11 is 3.31. The predicted molar refractivity (Wildman–Crippen MR) is 84.1 cm³/mol. The molecule has 1 aromatic rings. The lowest BCUT2D eigenvalue weighted by Gasteiger charge is -2.21. The molecule has 1 unspecified atom stereocenters. The van der Waals surface area contributed by atoms with E-state index in [2.05, 4.69) is 26.3 Å². The van der Waals surface area contributed by atoms with Crippen molar-refractivity contribution in [1.29, 1.82) is 0 Å². The van der Waals surface area contributed by atoms with Crippen LogP contribution in [0, 0.1) is 5.92 Å². The number of halogens is 1. The summed E-state index contributed by atoms with van der Waals surface area (Å²) in [4.78, 5) is 14.2. The minimum Gasteiger partial charge on any atom is -0.394 e. The number of aromatic nitrogens is 2. The van der Waals surface area contributed by atoms with Crippen molar-refractivity contribution >= 4 is 21.6 Å². The molecule has 0 aliphatic heterocycles. The molecule has 0 fully saturated rings. The number of nitrogens with zero attached hydrogens (tertiary/aromatic N) is 3. The fourth-order valence-electron chi connectivity index (χ4n) is 1.64. The second kappa shape index (κ2) is 7.75. The Labute approximate surface area is 127 Å². The number of nitrogens with one attached hydrogen (secondary N) is 1. The van der Waals surface area contributed by atoms with Crippen molar-refractivity contribution in [2.24, 2.45) is 5.92 Å². The van der Waals surface area contributed by atoms with E-state index in [1.807, 2.05) is 32.8 Å². The van der Waals surface area contributed by atoms with Gasteiger partial charge >= 0.3 is 0 Å². The van der Waals surface area contributed by atoms with Gasteiger partial charge in [-0.25, -0.2) is 4.68 Å². The quantitative estimate of drug-likeness (QED) is 0.770. The summed E-state index contributed by atoms with van der Waals surface area (Å²) in [6.45, 7) is 5.31. The molecule has 0 spiro atoms. The lowest BCUT2D eigenvalue weighted by atomic mass is 10.1. The molecule has 114 valence electrons. The number of aliphatic hydroxyl groups is 1. The van der Waals surface area contributed by atoms with Crippen LogP contribution in [0.4, 0.5) is 5.69 Å². The first-order valence-corrected chi connectivity index (χ1v) is 7.43. The van der Waals surface area contributed by atoms with E-state index in [4.69, 9.17) is 0 Å². The number of anilines is 1. The molecule has 7 heteroatoms. The van der Waals surface area contributed by atoms with Gasteiger partial charge in [-0.2, -0.15) is 5.10 Å². The summed E-state index contributed by atoms with van der Waals surface area (Å²) in [6.07, 6.45) is 1.62. The molecule has 0 saturated carbocycles. The zero-order chi connectivity index (χ0) is 15.3. The highest BCUT2D eigenvalue weighted by Gasteiger charge is 2.15. The molecular weight excluding hydrogens is 324 g/mol. The molecule has 0 bridgehead atoms. The highest BCUT2D eigenvalue weighted by atomic mass is 79.9.